The predicted octanol–water partition coefficient (Wildman–Crippen LogP) is 4.03. The van der Waals surface area contributed by atoms with Gasteiger partial charge in [-0.25, -0.2) is 0 Å². The Labute approximate surface area is 129 Å². The minimum absolute atomic E-state index is 0.243. The zero-order chi connectivity index (χ0) is 16.1. The van der Waals surface area contributed by atoms with Gasteiger partial charge in [-0.3, -0.25) is 0 Å². The maximum atomic E-state index is 6.73. The van der Waals surface area contributed by atoms with E-state index in [2.05, 4.69) is 40.9 Å². The lowest BCUT2D eigenvalue weighted by Gasteiger charge is -2.45. The summed E-state index contributed by atoms with van der Waals surface area (Å²) >= 11 is 0. The summed E-state index contributed by atoms with van der Waals surface area (Å²) in [5.41, 5.74) is 0.916. The molecule has 0 aliphatic carbocycles. The molecule has 3 heteroatoms. The van der Waals surface area contributed by atoms with Gasteiger partial charge in [-0.15, -0.1) is 13.2 Å². The van der Waals surface area contributed by atoms with Gasteiger partial charge in [0.2, 0.25) is 0 Å². The van der Waals surface area contributed by atoms with Crippen molar-refractivity contribution in [1.29, 1.82) is 0 Å². The highest BCUT2D eigenvalue weighted by molar-refractivity contribution is 5.17. The van der Waals surface area contributed by atoms with E-state index in [9.17, 15) is 0 Å². The third kappa shape index (κ3) is 3.10. The van der Waals surface area contributed by atoms with E-state index in [0.717, 1.165) is 37.2 Å². The second-order valence-corrected chi connectivity index (χ2v) is 7.87. The molecule has 0 radical (unpaired) electrons. The molecule has 0 spiro atoms. The fourth-order valence-electron chi connectivity index (χ4n) is 3.14. The minimum atomic E-state index is -0.405. The van der Waals surface area contributed by atoms with Crippen LogP contribution < -0.4 is 0 Å². The summed E-state index contributed by atoms with van der Waals surface area (Å²) in [5.74, 6) is 0. The van der Waals surface area contributed by atoms with Crippen LogP contribution in [0.15, 0.2) is 24.3 Å². The standard InChI is InChI=1S/C18H30O3/c1-13(2)9-15(5,17(7)11-19-17)21-16(6,10-14(3)4)18(8)12-20-18/h1,3,9-12H2,2,4-8H3. The highest BCUT2D eigenvalue weighted by atomic mass is 16.7. The molecule has 4 atom stereocenters. The molecule has 2 heterocycles. The molecule has 0 saturated carbocycles. The molecule has 0 bridgehead atoms. The molecule has 0 amide bonds. The zero-order valence-electron chi connectivity index (χ0n) is 14.5. The Morgan fingerprint density at radius 1 is 0.952 bits per heavy atom. The van der Waals surface area contributed by atoms with E-state index in [1.807, 2.05) is 13.8 Å². The fourth-order valence-corrected chi connectivity index (χ4v) is 3.14. The summed E-state index contributed by atoms with van der Waals surface area (Å²) in [5, 5.41) is 0. The first-order valence-electron chi connectivity index (χ1n) is 7.72. The molecular formula is C18H30O3. The summed E-state index contributed by atoms with van der Waals surface area (Å²) < 4.78 is 18.2. The third-order valence-corrected chi connectivity index (χ3v) is 5.12. The van der Waals surface area contributed by atoms with Crippen LogP contribution in [0, 0.1) is 0 Å². The molecule has 0 aromatic carbocycles. The average Bonchev–Trinajstić information content (AvgIpc) is 3.16. The van der Waals surface area contributed by atoms with Crippen molar-refractivity contribution in [3.63, 3.8) is 0 Å². The van der Waals surface area contributed by atoms with Crippen molar-refractivity contribution in [1.82, 2.24) is 0 Å². The Bertz CT molecular complexity index is 417. The Morgan fingerprint density at radius 2 is 1.24 bits per heavy atom. The highest BCUT2D eigenvalue weighted by Gasteiger charge is 2.63. The largest absolute Gasteiger partial charge is 0.367 e. The molecule has 4 unspecified atom stereocenters. The normalized spacial score (nSPS) is 36.5. The SMILES string of the molecule is C=C(C)CC(C)(OC(C)(CC(=C)C)C1(C)CO1)C1(C)CO1. The molecule has 2 aliphatic heterocycles. The predicted molar refractivity (Wildman–Crippen MR) is 85.5 cm³/mol. The van der Waals surface area contributed by atoms with Crippen molar-refractivity contribution < 1.29 is 14.2 Å². The minimum Gasteiger partial charge on any atom is -0.367 e. The molecule has 21 heavy (non-hydrogen) atoms. The van der Waals surface area contributed by atoms with Gasteiger partial charge in [0, 0.05) is 0 Å². The van der Waals surface area contributed by atoms with Gasteiger partial charge in [-0.1, -0.05) is 11.1 Å². The van der Waals surface area contributed by atoms with Crippen molar-refractivity contribution in [2.24, 2.45) is 0 Å². The van der Waals surface area contributed by atoms with Crippen molar-refractivity contribution in [2.45, 2.75) is 76.8 Å². The van der Waals surface area contributed by atoms with Crippen molar-refractivity contribution in [2.75, 3.05) is 13.2 Å². The number of epoxide rings is 2. The van der Waals surface area contributed by atoms with Crippen molar-refractivity contribution >= 4 is 0 Å². The first kappa shape index (κ1) is 16.7. The first-order valence-corrected chi connectivity index (χ1v) is 7.72. The van der Waals surface area contributed by atoms with Gasteiger partial charge in [0.05, 0.1) is 13.2 Å². The summed E-state index contributed by atoms with van der Waals surface area (Å²) in [6.45, 7) is 22.2. The number of hydrogen-bond donors (Lipinski definition) is 0. The van der Waals surface area contributed by atoms with E-state index in [0.29, 0.717) is 0 Å². The molecule has 3 nitrogen and oxygen atoms in total. The lowest BCUT2D eigenvalue weighted by atomic mass is 9.80. The molecule has 2 rings (SSSR count). The van der Waals surface area contributed by atoms with Gasteiger partial charge in [0.25, 0.3) is 0 Å². The zero-order valence-corrected chi connectivity index (χ0v) is 14.5. The lowest BCUT2D eigenvalue weighted by molar-refractivity contribution is -0.193. The fraction of sp³-hybridized carbons (Fsp3) is 0.778. The highest BCUT2D eigenvalue weighted by Crippen LogP contribution is 2.52. The van der Waals surface area contributed by atoms with Crippen molar-refractivity contribution in [3.8, 4) is 0 Å². The Kier molecular flexibility index (Phi) is 3.93. The van der Waals surface area contributed by atoms with Gasteiger partial charge >= 0.3 is 0 Å². The summed E-state index contributed by atoms with van der Waals surface area (Å²) in [4.78, 5) is 0. The van der Waals surface area contributed by atoms with Crippen molar-refractivity contribution in [3.05, 3.63) is 24.3 Å². The lowest BCUT2D eigenvalue weighted by Crippen LogP contribution is -2.55. The molecule has 2 saturated heterocycles. The van der Waals surface area contributed by atoms with Gasteiger partial charge in [-0.2, -0.15) is 0 Å². The molecule has 120 valence electrons. The van der Waals surface area contributed by atoms with Crippen LogP contribution >= 0.6 is 0 Å². The van der Waals surface area contributed by atoms with E-state index in [1.54, 1.807) is 0 Å². The average molecular weight is 294 g/mol. The number of rotatable bonds is 8. The number of ether oxygens (including phenoxy) is 3. The maximum Gasteiger partial charge on any atom is 0.118 e. The van der Waals surface area contributed by atoms with Gasteiger partial charge < -0.3 is 14.2 Å². The van der Waals surface area contributed by atoms with E-state index >= 15 is 0 Å². The van der Waals surface area contributed by atoms with Crippen LogP contribution in [0.2, 0.25) is 0 Å². The van der Waals surface area contributed by atoms with E-state index in [4.69, 9.17) is 14.2 Å². The molecule has 0 N–H and O–H groups in total. The monoisotopic (exact) mass is 294 g/mol. The smallest absolute Gasteiger partial charge is 0.118 e. The molecule has 2 aliphatic rings. The third-order valence-electron chi connectivity index (χ3n) is 5.12. The summed E-state index contributed by atoms with van der Waals surface area (Å²) in [6, 6.07) is 0. The van der Waals surface area contributed by atoms with Crippen LogP contribution in [-0.2, 0) is 14.2 Å². The molecule has 0 aromatic rings. The first-order chi connectivity index (χ1) is 9.45. The van der Waals surface area contributed by atoms with Crippen LogP contribution in [0.3, 0.4) is 0 Å². The second kappa shape index (κ2) is 4.94. The van der Waals surface area contributed by atoms with Crippen LogP contribution in [0.1, 0.15) is 54.4 Å². The van der Waals surface area contributed by atoms with E-state index in [1.165, 1.54) is 0 Å². The maximum absolute atomic E-state index is 6.73. The Hall–Kier alpha value is -0.640. The summed E-state index contributed by atoms with van der Waals surface area (Å²) in [6.07, 6.45) is 1.57. The van der Waals surface area contributed by atoms with Gasteiger partial charge in [-0.05, 0) is 54.4 Å². The second-order valence-electron chi connectivity index (χ2n) is 7.87. The topological polar surface area (TPSA) is 34.3 Å². The van der Waals surface area contributed by atoms with E-state index < -0.39 is 11.2 Å². The van der Waals surface area contributed by atoms with Gasteiger partial charge in [0.15, 0.2) is 0 Å². The molecule has 2 fully saturated rings. The Balaban J connectivity index is 2.28. The molecular weight excluding hydrogens is 264 g/mol. The molecule has 0 aromatic heterocycles. The van der Waals surface area contributed by atoms with Crippen LogP contribution in [0.4, 0.5) is 0 Å². The quantitative estimate of drug-likeness (QED) is 0.500. The van der Waals surface area contributed by atoms with Crippen LogP contribution in [0.25, 0.3) is 0 Å². The van der Waals surface area contributed by atoms with Crippen LogP contribution in [0.5, 0.6) is 0 Å². The van der Waals surface area contributed by atoms with Gasteiger partial charge in [0.1, 0.15) is 22.4 Å². The Morgan fingerprint density at radius 3 is 1.43 bits per heavy atom. The summed E-state index contributed by atoms with van der Waals surface area (Å²) in [7, 11) is 0. The number of hydrogen-bond acceptors (Lipinski definition) is 3. The van der Waals surface area contributed by atoms with E-state index in [-0.39, 0.29) is 11.2 Å². The van der Waals surface area contributed by atoms with Crippen LogP contribution in [-0.4, -0.2) is 35.6 Å².